The Morgan fingerprint density at radius 2 is 1.29 bits per heavy atom. The molecule has 1 nitrogen and oxygen atoms in total. The summed E-state index contributed by atoms with van der Waals surface area (Å²) in [6, 6.07) is 35.7. The van der Waals surface area contributed by atoms with Gasteiger partial charge >= 0.3 is 35.6 Å². The fraction of sp³-hybridized carbons (Fsp3) is 0.161. The number of aliphatic hydroxyl groups is 1. The molecule has 0 fully saturated rings. The number of halogens is 2. The molecule has 1 aliphatic rings. The molecule has 0 amide bonds. The topological polar surface area (TPSA) is 20.2 Å². The number of allylic oxidation sites excluding steroid dienone is 4. The Bertz CT molecular complexity index is 1240. The molecule has 1 unspecified atom stereocenters. The summed E-state index contributed by atoms with van der Waals surface area (Å²) in [6.45, 7) is 6.67. The number of rotatable bonds is 3. The van der Waals surface area contributed by atoms with Gasteiger partial charge in [0.15, 0.2) is 0 Å². The van der Waals surface area contributed by atoms with Gasteiger partial charge < -0.3 is 5.11 Å². The molecule has 0 heterocycles. The van der Waals surface area contributed by atoms with Crippen LogP contribution >= 0.6 is 18.6 Å². The average Bonchev–Trinajstić information content (AvgIpc) is 3.16. The minimum atomic E-state index is -0.556. The van der Waals surface area contributed by atoms with E-state index in [9.17, 15) is 5.11 Å². The quantitative estimate of drug-likeness (QED) is 0.205. The predicted molar refractivity (Wildman–Crippen MR) is 147 cm³/mol. The van der Waals surface area contributed by atoms with E-state index in [1.807, 2.05) is 60.7 Å². The van der Waals surface area contributed by atoms with Crippen molar-refractivity contribution in [3.63, 3.8) is 0 Å². The van der Waals surface area contributed by atoms with Gasteiger partial charge in [-0.25, -0.2) is 0 Å². The third kappa shape index (κ3) is 7.43. The van der Waals surface area contributed by atoms with Crippen molar-refractivity contribution < 1.29 is 22.1 Å². The Labute approximate surface area is 225 Å². The van der Waals surface area contributed by atoms with Crippen molar-refractivity contribution >= 4 is 35.0 Å². The summed E-state index contributed by atoms with van der Waals surface area (Å²) in [7, 11) is 9.78. The van der Waals surface area contributed by atoms with Crippen molar-refractivity contribution in [2.45, 2.75) is 26.9 Å². The molecule has 5 rings (SSSR count). The summed E-state index contributed by atoms with van der Waals surface area (Å²) >= 11 is -0.556. The fourth-order valence-electron chi connectivity index (χ4n) is 4.32. The molecule has 1 N–H and O–H groups in total. The van der Waals surface area contributed by atoms with E-state index in [0.29, 0.717) is 5.92 Å². The number of hydrogen-bond donors (Lipinski definition) is 1. The van der Waals surface area contributed by atoms with E-state index in [1.54, 1.807) is 0 Å². The molecule has 0 saturated heterocycles. The van der Waals surface area contributed by atoms with Gasteiger partial charge in [-0.2, -0.15) is 0 Å². The third-order valence-corrected chi connectivity index (χ3v) is 6.13. The van der Waals surface area contributed by atoms with Gasteiger partial charge in [0.2, 0.25) is 0 Å². The summed E-state index contributed by atoms with van der Waals surface area (Å²) in [6.07, 6.45) is 1.82. The van der Waals surface area contributed by atoms with E-state index >= 15 is 0 Å². The maximum absolute atomic E-state index is 9.99. The molecule has 0 spiro atoms. The van der Waals surface area contributed by atoms with Gasteiger partial charge in [0.1, 0.15) is 6.10 Å². The fourth-order valence-corrected chi connectivity index (χ4v) is 4.32. The van der Waals surface area contributed by atoms with Gasteiger partial charge in [-0.05, 0) is 30.9 Å². The first-order chi connectivity index (χ1) is 17.0. The Morgan fingerprint density at radius 1 is 0.771 bits per heavy atom. The van der Waals surface area contributed by atoms with E-state index in [0.717, 1.165) is 11.1 Å². The van der Waals surface area contributed by atoms with Crippen LogP contribution < -0.4 is 0 Å². The SMILES string of the molecule is CC1=CC(C)C(c2[c-]c3ccccc3cc2)=C1C.OC(c1ccccc1)c1ccccc1.[Cl][Ti][Cl]. The molecule has 4 heteroatoms. The molecule has 35 heavy (non-hydrogen) atoms. The zero-order chi connectivity index (χ0) is 25.2. The van der Waals surface area contributed by atoms with Crippen molar-refractivity contribution in [3.8, 4) is 0 Å². The molecule has 0 bridgehead atoms. The summed E-state index contributed by atoms with van der Waals surface area (Å²) in [4.78, 5) is 0. The van der Waals surface area contributed by atoms with E-state index in [4.69, 9.17) is 18.6 Å². The van der Waals surface area contributed by atoms with Crippen LogP contribution in [0.15, 0.2) is 114 Å². The molecule has 0 radical (unpaired) electrons. The Balaban J connectivity index is 0.000000181. The average molecular weight is 536 g/mol. The van der Waals surface area contributed by atoms with Gasteiger partial charge in [0.25, 0.3) is 0 Å². The molecule has 4 aromatic rings. The third-order valence-electron chi connectivity index (χ3n) is 6.13. The van der Waals surface area contributed by atoms with Crippen LogP contribution in [0.4, 0.5) is 0 Å². The molecule has 1 atom stereocenters. The van der Waals surface area contributed by atoms with Crippen molar-refractivity contribution in [2.24, 2.45) is 5.92 Å². The van der Waals surface area contributed by atoms with Crippen LogP contribution in [0.2, 0.25) is 0 Å². The number of fused-ring (bicyclic) bond motifs is 1. The first kappa shape index (κ1) is 27.5. The molecule has 0 aromatic heterocycles. The zero-order valence-electron chi connectivity index (χ0n) is 20.2. The standard InChI is InChI=1S/C18H17.C13H12O.2ClH.Ti/c1-12-10-13(2)18(14(12)3)17-9-8-15-6-4-5-7-16(15)11-17;14-13(11-7-3-1-4-8-11)12-9-5-2-6-10-12;;;/h4-10,13H,1-3H3;1-10,13-14H;2*1H;/q-1;;;;+2/p-2. The van der Waals surface area contributed by atoms with Gasteiger partial charge in [0.05, 0.1) is 0 Å². The van der Waals surface area contributed by atoms with E-state index in [-0.39, 0.29) is 0 Å². The molecule has 0 aliphatic heterocycles. The number of hydrogen-bond acceptors (Lipinski definition) is 1. The van der Waals surface area contributed by atoms with Crippen LogP contribution in [0.5, 0.6) is 0 Å². The molecule has 4 aromatic carbocycles. The molecule has 178 valence electrons. The normalized spacial score (nSPS) is 14.6. The van der Waals surface area contributed by atoms with Crippen LogP contribution in [0.3, 0.4) is 0 Å². The second-order valence-corrected chi connectivity index (χ2v) is 11.0. The Morgan fingerprint density at radius 3 is 1.80 bits per heavy atom. The van der Waals surface area contributed by atoms with E-state index in [1.165, 1.54) is 33.1 Å². The second-order valence-electron chi connectivity index (χ2n) is 8.43. The van der Waals surface area contributed by atoms with Crippen LogP contribution in [-0.4, -0.2) is 5.11 Å². The van der Waals surface area contributed by atoms with Crippen LogP contribution in [0.25, 0.3) is 16.3 Å². The number of benzene rings is 4. The van der Waals surface area contributed by atoms with Crippen molar-refractivity contribution in [3.05, 3.63) is 137 Å². The summed E-state index contributed by atoms with van der Waals surface area (Å²) in [5.74, 6) is 0.502. The summed E-state index contributed by atoms with van der Waals surface area (Å²) < 4.78 is 0. The minimum absolute atomic E-state index is 0.502. The second kappa shape index (κ2) is 13.8. The van der Waals surface area contributed by atoms with Gasteiger partial charge in [-0.1, -0.05) is 114 Å². The molecule has 1 aliphatic carbocycles. The van der Waals surface area contributed by atoms with E-state index in [2.05, 4.69) is 69.3 Å². The monoisotopic (exact) mass is 535 g/mol. The molecular formula is C31H29Cl2OTi-. The Kier molecular flexibility index (Phi) is 10.8. The van der Waals surface area contributed by atoms with Crippen molar-refractivity contribution in [1.29, 1.82) is 0 Å². The molecule has 0 saturated carbocycles. The van der Waals surface area contributed by atoms with Crippen LogP contribution in [-0.2, 0) is 17.0 Å². The van der Waals surface area contributed by atoms with Gasteiger partial charge in [-0.3, -0.25) is 0 Å². The predicted octanol–water partition coefficient (Wildman–Crippen LogP) is 9.15. The maximum atomic E-state index is 9.99. The van der Waals surface area contributed by atoms with Gasteiger partial charge in [-0.15, -0.1) is 35.2 Å². The molecular weight excluding hydrogens is 507 g/mol. The van der Waals surface area contributed by atoms with Crippen molar-refractivity contribution in [2.75, 3.05) is 0 Å². The van der Waals surface area contributed by atoms with Crippen LogP contribution in [0.1, 0.15) is 43.6 Å². The van der Waals surface area contributed by atoms with Crippen molar-refractivity contribution in [1.82, 2.24) is 0 Å². The number of aliphatic hydroxyl groups excluding tert-OH is 1. The van der Waals surface area contributed by atoms with Crippen LogP contribution in [0, 0.1) is 12.0 Å². The van der Waals surface area contributed by atoms with Gasteiger partial charge in [0, 0.05) is 0 Å². The Hall–Kier alpha value is -2.13. The van der Waals surface area contributed by atoms with E-state index < -0.39 is 23.1 Å². The summed E-state index contributed by atoms with van der Waals surface area (Å²) in [5.41, 5.74) is 7.34. The zero-order valence-corrected chi connectivity index (χ0v) is 23.2. The summed E-state index contributed by atoms with van der Waals surface area (Å²) in [5, 5.41) is 12.5. The first-order valence-electron chi connectivity index (χ1n) is 11.5. The first-order valence-corrected chi connectivity index (χ1v) is 15.8.